The molecule has 0 fully saturated rings. The van der Waals surface area contributed by atoms with Gasteiger partial charge in [0.05, 0.1) is 5.52 Å². The number of hydrogen-bond acceptors (Lipinski definition) is 1. The molecule has 5 heteroatoms. The van der Waals surface area contributed by atoms with Crippen molar-refractivity contribution in [1.82, 2.24) is 9.78 Å². The standard InChI is InChI=1S/C10H9F3N2/c1-6-2-7-4-15(5-10(12)13)14-9(7)3-8(6)11/h2-4,10H,5H2,1H3. The molecule has 2 aromatic rings. The van der Waals surface area contributed by atoms with E-state index in [1.165, 1.54) is 12.3 Å². The number of aryl methyl sites for hydroxylation is 1. The van der Waals surface area contributed by atoms with Gasteiger partial charge < -0.3 is 0 Å². The molecule has 80 valence electrons. The Morgan fingerprint density at radius 3 is 2.80 bits per heavy atom. The summed E-state index contributed by atoms with van der Waals surface area (Å²) in [5.74, 6) is -0.371. The van der Waals surface area contributed by atoms with Crippen LogP contribution in [0.2, 0.25) is 0 Å². The summed E-state index contributed by atoms with van der Waals surface area (Å²) in [5.41, 5.74) is 0.887. The number of rotatable bonds is 2. The minimum Gasteiger partial charge on any atom is -0.266 e. The summed E-state index contributed by atoms with van der Waals surface area (Å²) in [7, 11) is 0. The first-order valence-corrected chi connectivity index (χ1v) is 4.48. The number of alkyl halides is 2. The van der Waals surface area contributed by atoms with Crippen LogP contribution in [-0.4, -0.2) is 16.2 Å². The fourth-order valence-corrected chi connectivity index (χ4v) is 1.45. The zero-order valence-corrected chi connectivity index (χ0v) is 8.04. The third-order valence-electron chi connectivity index (χ3n) is 2.16. The molecule has 0 aliphatic rings. The zero-order chi connectivity index (χ0) is 11.0. The van der Waals surface area contributed by atoms with Crippen molar-refractivity contribution in [1.29, 1.82) is 0 Å². The highest BCUT2D eigenvalue weighted by atomic mass is 19.3. The number of fused-ring (bicyclic) bond motifs is 1. The van der Waals surface area contributed by atoms with Gasteiger partial charge in [0.25, 0.3) is 6.43 Å². The third kappa shape index (κ3) is 1.95. The lowest BCUT2D eigenvalue weighted by Crippen LogP contribution is -2.06. The van der Waals surface area contributed by atoms with E-state index in [0.29, 0.717) is 16.5 Å². The van der Waals surface area contributed by atoms with Gasteiger partial charge in [-0.3, -0.25) is 4.68 Å². The first-order valence-electron chi connectivity index (χ1n) is 4.48. The maximum absolute atomic E-state index is 13.1. The summed E-state index contributed by atoms with van der Waals surface area (Å²) >= 11 is 0. The molecule has 0 amide bonds. The van der Waals surface area contributed by atoms with E-state index in [-0.39, 0.29) is 5.82 Å². The number of halogens is 3. The Morgan fingerprint density at radius 2 is 2.13 bits per heavy atom. The molecule has 15 heavy (non-hydrogen) atoms. The van der Waals surface area contributed by atoms with Crippen molar-refractivity contribution in [2.24, 2.45) is 0 Å². The van der Waals surface area contributed by atoms with Crippen LogP contribution in [0.25, 0.3) is 10.9 Å². The highest BCUT2D eigenvalue weighted by Gasteiger charge is 2.08. The highest BCUT2D eigenvalue weighted by Crippen LogP contribution is 2.17. The van der Waals surface area contributed by atoms with Crippen molar-refractivity contribution in [2.45, 2.75) is 19.9 Å². The van der Waals surface area contributed by atoms with Crippen LogP contribution in [0.4, 0.5) is 13.2 Å². The van der Waals surface area contributed by atoms with Gasteiger partial charge in [0.15, 0.2) is 0 Å². The minimum atomic E-state index is -2.45. The van der Waals surface area contributed by atoms with Crippen LogP contribution in [0.3, 0.4) is 0 Å². The smallest absolute Gasteiger partial charge is 0.257 e. The van der Waals surface area contributed by atoms with Gasteiger partial charge in [-0.2, -0.15) is 5.10 Å². The summed E-state index contributed by atoms with van der Waals surface area (Å²) < 4.78 is 38.4. The number of benzene rings is 1. The lowest BCUT2D eigenvalue weighted by molar-refractivity contribution is 0.122. The number of nitrogens with zero attached hydrogens (tertiary/aromatic N) is 2. The van der Waals surface area contributed by atoms with E-state index in [1.54, 1.807) is 13.0 Å². The second-order valence-electron chi connectivity index (χ2n) is 3.40. The van der Waals surface area contributed by atoms with Crippen molar-refractivity contribution < 1.29 is 13.2 Å². The predicted molar refractivity (Wildman–Crippen MR) is 50.4 cm³/mol. The van der Waals surface area contributed by atoms with Crippen molar-refractivity contribution in [3.63, 3.8) is 0 Å². The van der Waals surface area contributed by atoms with Gasteiger partial charge in [0, 0.05) is 17.6 Å². The van der Waals surface area contributed by atoms with Crippen molar-refractivity contribution >= 4 is 10.9 Å². The zero-order valence-electron chi connectivity index (χ0n) is 8.04. The van der Waals surface area contributed by atoms with Gasteiger partial charge >= 0.3 is 0 Å². The largest absolute Gasteiger partial charge is 0.266 e. The quantitative estimate of drug-likeness (QED) is 0.751. The first kappa shape index (κ1) is 10.0. The summed E-state index contributed by atoms with van der Waals surface area (Å²) in [5, 5.41) is 4.53. The van der Waals surface area contributed by atoms with Crippen LogP contribution in [0.1, 0.15) is 5.56 Å². The van der Waals surface area contributed by atoms with Gasteiger partial charge in [-0.05, 0) is 18.6 Å². The second kappa shape index (κ2) is 3.56. The summed E-state index contributed by atoms with van der Waals surface area (Å²) in [4.78, 5) is 0. The molecule has 0 atom stereocenters. The van der Waals surface area contributed by atoms with E-state index >= 15 is 0 Å². The first-order chi connectivity index (χ1) is 7.06. The van der Waals surface area contributed by atoms with Crippen LogP contribution < -0.4 is 0 Å². The molecule has 1 aromatic heterocycles. The van der Waals surface area contributed by atoms with Gasteiger partial charge in [-0.1, -0.05) is 0 Å². The molecule has 1 heterocycles. The molecule has 0 aliphatic heterocycles. The Balaban J connectivity index is 2.47. The topological polar surface area (TPSA) is 17.8 Å². The highest BCUT2D eigenvalue weighted by molar-refractivity contribution is 5.78. The third-order valence-corrected chi connectivity index (χ3v) is 2.16. The van der Waals surface area contributed by atoms with Crippen LogP contribution in [0.5, 0.6) is 0 Å². The molecule has 2 rings (SSSR count). The van der Waals surface area contributed by atoms with Gasteiger partial charge in [0.1, 0.15) is 12.4 Å². The Bertz CT molecular complexity index is 452. The fraction of sp³-hybridized carbons (Fsp3) is 0.300. The molecule has 0 unspecified atom stereocenters. The lowest BCUT2D eigenvalue weighted by Gasteiger charge is -1.96. The maximum atomic E-state index is 13.1. The Hall–Kier alpha value is -1.52. The molecule has 0 aliphatic carbocycles. The van der Waals surface area contributed by atoms with Crippen LogP contribution >= 0.6 is 0 Å². The van der Waals surface area contributed by atoms with Crippen LogP contribution in [0.15, 0.2) is 18.3 Å². The van der Waals surface area contributed by atoms with E-state index in [4.69, 9.17) is 0 Å². The second-order valence-corrected chi connectivity index (χ2v) is 3.40. The van der Waals surface area contributed by atoms with E-state index in [9.17, 15) is 13.2 Å². The molecular formula is C10H9F3N2. The van der Waals surface area contributed by atoms with E-state index < -0.39 is 13.0 Å². The predicted octanol–water partition coefficient (Wildman–Crippen LogP) is 2.75. The van der Waals surface area contributed by atoms with Gasteiger partial charge in [-0.15, -0.1) is 0 Å². The van der Waals surface area contributed by atoms with Crippen molar-refractivity contribution in [2.75, 3.05) is 0 Å². The molecule has 0 spiro atoms. The SMILES string of the molecule is Cc1cc2cn(CC(F)F)nc2cc1F. The molecule has 0 N–H and O–H groups in total. The summed E-state index contributed by atoms with van der Waals surface area (Å²) in [6.07, 6.45) is -0.959. The number of hydrogen-bond donors (Lipinski definition) is 0. The average Bonchev–Trinajstić information content (AvgIpc) is 2.46. The molecule has 0 radical (unpaired) electrons. The van der Waals surface area contributed by atoms with Gasteiger partial charge in [0.2, 0.25) is 0 Å². The minimum absolute atomic E-state index is 0.371. The molecule has 2 nitrogen and oxygen atoms in total. The normalized spacial score (nSPS) is 11.5. The lowest BCUT2D eigenvalue weighted by atomic mass is 10.2. The number of aromatic nitrogens is 2. The molecular weight excluding hydrogens is 205 g/mol. The Labute approximate surface area is 84.3 Å². The maximum Gasteiger partial charge on any atom is 0.257 e. The molecule has 0 saturated carbocycles. The van der Waals surface area contributed by atoms with E-state index in [0.717, 1.165) is 4.68 Å². The van der Waals surface area contributed by atoms with Gasteiger partial charge in [-0.25, -0.2) is 13.2 Å². The van der Waals surface area contributed by atoms with Crippen molar-refractivity contribution in [3.05, 3.63) is 29.7 Å². The molecule has 1 aromatic carbocycles. The summed E-state index contributed by atoms with van der Waals surface area (Å²) in [6, 6.07) is 2.85. The average molecular weight is 214 g/mol. The Morgan fingerprint density at radius 1 is 1.40 bits per heavy atom. The molecule has 0 saturated heterocycles. The van der Waals surface area contributed by atoms with E-state index in [2.05, 4.69) is 5.10 Å². The van der Waals surface area contributed by atoms with E-state index in [1.807, 2.05) is 0 Å². The molecule has 0 bridgehead atoms. The fourth-order valence-electron chi connectivity index (χ4n) is 1.45. The summed E-state index contributed by atoms with van der Waals surface area (Å²) in [6.45, 7) is 1.16. The van der Waals surface area contributed by atoms with Crippen molar-refractivity contribution in [3.8, 4) is 0 Å². The monoisotopic (exact) mass is 214 g/mol. The Kier molecular flexibility index (Phi) is 2.38. The van der Waals surface area contributed by atoms with Crippen LogP contribution in [-0.2, 0) is 6.54 Å². The van der Waals surface area contributed by atoms with Crippen LogP contribution in [0, 0.1) is 12.7 Å².